The third-order valence-corrected chi connectivity index (χ3v) is 2.52. The summed E-state index contributed by atoms with van der Waals surface area (Å²) in [5, 5.41) is 6.89. The first-order chi connectivity index (χ1) is 7.71. The molecule has 0 saturated carbocycles. The van der Waals surface area contributed by atoms with Gasteiger partial charge in [0.05, 0.1) is 18.1 Å². The predicted octanol–water partition coefficient (Wildman–Crippen LogP) is 1.86. The smallest absolute Gasteiger partial charge is 0.227 e. The van der Waals surface area contributed by atoms with E-state index in [1.165, 1.54) is 0 Å². The Balaban J connectivity index is 2.55. The number of amides is 1. The van der Waals surface area contributed by atoms with Gasteiger partial charge in [0.25, 0.3) is 0 Å². The second kappa shape index (κ2) is 6.27. The van der Waals surface area contributed by atoms with Gasteiger partial charge in [0.15, 0.2) is 0 Å². The number of ether oxygens (including phenoxy) is 1. The van der Waals surface area contributed by atoms with Gasteiger partial charge in [0.1, 0.15) is 6.73 Å². The number of nitrogens with zero attached hydrogens (tertiary/aromatic N) is 2. The Kier molecular flexibility index (Phi) is 4.98. The van der Waals surface area contributed by atoms with Crippen LogP contribution in [0.15, 0.2) is 12.4 Å². The lowest BCUT2D eigenvalue weighted by atomic mass is 10.0. The van der Waals surface area contributed by atoms with E-state index in [4.69, 9.17) is 4.74 Å². The Morgan fingerprint density at radius 2 is 2.25 bits per heavy atom. The molecule has 0 spiro atoms. The highest BCUT2D eigenvalue weighted by atomic mass is 16.5. The highest BCUT2D eigenvalue weighted by Gasteiger charge is 2.14. The normalized spacial score (nSPS) is 10.8. The van der Waals surface area contributed by atoms with E-state index in [9.17, 15) is 4.79 Å². The Bertz CT molecular complexity index is 332. The minimum atomic E-state index is 0.0574. The van der Waals surface area contributed by atoms with Gasteiger partial charge in [-0.15, -0.1) is 0 Å². The fourth-order valence-corrected chi connectivity index (χ4v) is 1.53. The van der Waals surface area contributed by atoms with Crippen LogP contribution in [0.3, 0.4) is 0 Å². The second-order valence-corrected chi connectivity index (χ2v) is 3.69. The molecule has 0 aromatic carbocycles. The molecule has 0 bridgehead atoms. The standard InChI is InChI=1S/C11H19N3O2/c1-4-9(5-2)11(15)13-10-6-12-14(7-10)8-16-3/h6-7,9H,4-5,8H2,1-3H3,(H,13,15). The van der Waals surface area contributed by atoms with Gasteiger partial charge in [0.2, 0.25) is 5.91 Å². The van der Waals surface area contributed by atoms with Crippen LogP contribution in [0.25, 0.3) is 0 Å². The highest BCUT2D eigenvalue weighted by molar-refractivity contribution is 5.92. The first-order valence-electron chi connectivity index (χ1n) is 5.53. The molecule has 5 heteroatoms. The van der Waals surface area contributed by atoms with Gasteiger partial charge in [-0.25, -0.2) is 4.68 Å². The van der Waals surface area contributed by atoms with Crippen LogP contribution < -0.4 is 5.32 Å². The Hall–Kier alpha value is -1.36. The lowest BCUT2D eigenvalue weighted by Gasteiger charge is -2.10. The first-order valence-corrected chi connectivity index (χ1v) is 5.53. The monoisotopic (exact) mass is 225 g/mol. The lowest BCUT2D eigenvalue weighted by Crippen LogP contribution is -2.21. The molecule has 1 rings (SSSR count). The summed E-state index contributed by atoms with van der Waals surface area (Å²) in [4.78, 5) is 11.8. The molecular weight excluding hydrogens is 206 g/mol. The van der Waals surface area contributed by atoms with E-state index in [0.717, 1.165) is 12.8 Å². The molecule has 90 valence electrons. The van der Waals surface area contributed by atoms with E-state index in [2.05, 4.69) is 10.4 Å². The fourth-order valence-electron chi connectivity index (χ4n) is 1.53. The number of carbonyl (C=O) groups excluding carboxylic acids is 1. The van der Waals surface area contributed by atoms with Crippen LogP contribution in [0.2, 0.25) is 0 Å². The van der Waals surface area contributed by atoms with Crippen molar-refractivity contribution in [3.05, 3.63) is 12.4 Å². The number of hydrogen-bond donors (Lipinski definition) is 1. The molecule has 1 aromatic heterocycles. The van der Waals surface area contributed by atoms with E-state index >= 15 is 0 Å². The molecular formula is C11H19N3O2. The Morgan fingerprint density at radius 1 is 1.56 bits per heavy atom. The van der Waals surface area contributed by atoms with Gasteiger partial charge in [-0.05, 0) is 12.8 Å². The SMILES string of the molecule is CCC(CC)C(=O)Nc1cnn(COC)c1. The van der Waals surface area contributed by atoms with E-state index in [1.807, 2.05) is 13.8 Å². The maximum Gasteiger partial charge on any atom is 0.227 e. The molecule has 0 atom stereocenters. The third-order valence-electron chi connectivity index (χ3n) is 2.52. The number of methoxy groups -OCH3 is 1. The fraction of sp³-hybridized carbons (Fsp3) is 0.636. The van der Waals surface area contributed by atoms with Crippen LogP contribution in [0.5, 0.6) is 0 Å². The van der Waals surface area contributed by atoms with Crippen LogP contribution in [0.1, 0.15) is 26.7 Å². The van der Waals surface area contributed by atoms with Crippen molar-refractivity contribution in [3.8, 4) is 0 Å². The number of aromatic nitrogens is 2. The molecule has 0 fully saturated rings. The van der Waals surface area contributed by atoms with Crippen molar-refractivity contribution in [1.29, 1.82) is 0 Å². The number of carbonyl (C=O) groups is 1. The summed E-state index contributed by atoms with van der Waals surface area (Å²) in [6.07, 6.45) is 5.09. The summed E-state index contributed by atoms with van der Waals surface area (Å²) in [7, 11) is 1.60. The van der Waals surface area contributed by atoms with Gasteiger partial charge in [0, 0.05) is 13.0 Å². The first kappa shape index (κ1) is 12.7. The van der Waals surface area contributed by atoms with Crippen molar-refractivity contribution < 1.29 is 9.53 Å². The average molecular weight is 225 g/mol. The Morgan fingerprint density at radius 3 is 2.81 bits per heavy atom. The third kappa shape index (κ3) is 3.34. The summed E-state index contributed by atoms with van der Waals surface area (Å²) in [5.74, 6) is 0.132. The summed E-state index contributed by atoms with van der Waals surface area (Å²) >= 11 is 0. The lowest BCUT2D eigenvalue weighted by molar-refractivity contribution is -0.120. The topological polar surface area (TPSA) is 56.2 Å². The van der Waals surface area contributed by atoms with Gasteiger partial charge in [-0.1, -0.05) is 13.8 Å². The molecule has 0 unspecified atom stereocenters. The molecule has 0 aliphatic heterocycles. The molecule has 1 amide bonds. The van der Waals surface area contributed by atoms with Gasteiger partial charge in [-0.2, -0.15) is 5.10 Å². The van der Waals surface area contributed by atoms with Crippen molar-refractivity contribution in [2.45, 2.75) is 33.4 Å². The van der Waals surface area contributed by atoms with Gasteiger partial charge >= 0.3 is 0 Å². The minimum Gasteiger partial charge on any atom is -0.362 e. The number of anilines is 1. The molecule has 0 aliphatic carbocycles. The number of nitrogens with one attached hydrogen (secondary N) is 1. The van der Waals surface area contributed by atoms with Gasteiger partial charge in [-0.3, -0.25) is 4.79 Å². The summed E-state index contributed by atoms with van der Waals surface area (Å²) in [6.45, 7) is 4.42. The summed E-state index contributed by atoms with van der Waals surface area (Å²) < 4.78 is 6.55. The second-order valence-electron chi connectivity index (χ2n) is 3.69. The van der Waals surface area contributed by atoms with Crippen LogP contribution in [0, 0.1) is 5.92 Å². The van der Waals surface area contributed by atoms with Crippen LogP contribution in [-0.4, -0.2) is 22.8 Å². The molecule has 1 N–H and O–H groups in total. The van der Waals surface area contributed by atoms with E-state index < -0.39 is 0 Å². The quantitative estimate of drug-likeness (QED) is 0.804. The zero-order valence-corrected chi connectivity index (χ0v) is 10.1. The number of hydrogen-bond acceptors (Lipinski definition) is 3. The predicted molar refractivity (Wildman–Crippen MR) is 61.9 cm³/mol. The molecule has 5 nitrogen and oxygen atoms in total. The maximum atomic E-state index is 11.8. The van der Waals surface area contributed by atoms with Crippen LogP contribution in [0.4, 0.5) is 5.69 Å². The zero-order valence-electron chi connectivity index (χ0n) is 10.1. The van der Waals surface area contributed by atoms with Crippen molar-refractivity contribution in [2.24, 2.45) is 5.92 Å². The van der Waals surface area contributed by atoms with Gasteiger partial charge < -0.3 is 10.1 Å². The van der Waals surface area contributed by atoms with E-state index in [1.54, 1.807) is 24.2 Å². The van der Waals surface area contributed by atoms with Crippen molar-refractivity contribution >= 4 is 11.6 Å². The molecule has 0 saturated heterocycles. The van der Waals surface area contributed by atoms with Crippen LogP contribution in [-0.2, 0) is 16.3 Å². The van der Waals surface area contributed by atoms with Crippen LogP contribution >= 0.6 is 0 Å². The highest BCUT2D eigenvalue weighted by Crippen LogP contribution is 2.12. The van der Waals surface area contributed by atoms with Crippen molar-refractivity contribution in [3.63, 3.8) is 0 Å². The molecule has 1 aromatic rings. The molecule has 1 heterocycles. The molecule has 0 radical (unpaired) electrons. The average Bonchev–Trinajstić information content (AvgIpc) is 2.68. The van der Waals surface area contributed by atoms with Crippen molar-refractivity contribution in [2.75, 3.05) is 12.4 Å². The number of rotatable bonds is 6. The van der Waals surface area contributed by atoms with Crippen molar-refractivity contribution in [1.82, 2.24) is 9.78 Å². The Labute approximate surface area is 95.8 Å². The zero-order chi connectivity index (χ0) is 12.0. The summed E-state index contributed by atoms with van der Waals surface area (Å²) in [6, 6.07) is 0. The van der Waals surface area contributed by atoms with E-state index in [-0.39, 0.29) is 11.8 Å². The maximum absolute atomic E-state index is 11.8. The molecule has 0 aliphatic rings. The minimum absolute atomic E-state index is 0.0574. The largest absolute Gasteiger partial charge is 0.362 e. The van der Waals surface area contributed by atoms with E-state index in [0.29, 0.717) is 12.4 Å². The summed E-state index contributed by atoms with van der Waals surface area (Å²) in [5.41, 5.74) is 0.717. The molecule has 16 heavy (non-hydrogen) atoms.